The second-order valence-electron chi connectivity index (χ2n) is 7.74. The first kappa shape index (κ1) is 18.9. The predicted molar refractivity (Wildman–Crippen MR) is 105 cm³/mol. The average molecular weight is 384 g/mol. The van der Waals surface area contributed by atoms with Gasteiger partial charge < -0.3 is 15.7 Å². The van der Waals surface area contributed by atoms with E-state index in [4.69, 9.17) is 0 Å². The number of urea groups is 1. The minimum Gasteiger partial charge on any atom is -0.391 e. The molecule has 4 rings (SSSR count). The number of carbonyl (C=O) groups is 1. The number of rotatable bonds is 5. The molecule has 2 atom stereocenters. The number of benzene rings is 1. The van der Waals surface area contributed by atoms with E-state index in [1.807, 2.05) is 24.3 Å². The number of hydrogen-bond acceptors (Lipinski definition) is 5. The van der Waals surface area contributed by atoms with Crippen molar-refractivity contribution in [1.82, 2.24) is 30.7 Å². The molecule has 2 fully saturated rings. The van der Waals surface area contributed by atoms with Crippen molar-refractivity contribution in [1.29, 1.82) is 0 Å². The summed E-state index contributed by atoms with van der Waals surface area (Å²) < 4.78 is 0. The number of aliphatic hydroxyl groups excluding tert-OH is 1. The number of aromatic amines is 1. The van der Waals surface area contributed by atoms with Crippen LogP contribution in [-0.4, -0.2) is 62.5 Å². The molecule has 2 heterocycles. The molecule has 8 nitrogen and oxygen atoms in total. The lowest BCUT2D eigenvalue weighted by Gasteiger charge is -2.37. The van der Waals surface area contributed by atoms with Gasteiger partial charge in [0.1, 0.15) is 6.33 Å². The highest BCUT2D eigenvalue weighted by atomic mass is 16.3. The van der Waals surface area contributed by atoms with Crippen molar-refractivity contribution in [2.45, 2.75) is 56.8 Å². The molecule has 8 heteroatoms. The Labute approximate surface area is 164 Å². The fourth-order valence-electron chi connectivity index (χ4n) is 4.31. The SMILES string of the molecule is O=C(NCc1cccc(-c2ncn[nH]2)c1)NC1CCN(C2CCCC2O)CC1. The van der Waals surface area contributed by atoms with Crippen molar-refractivity contribution in [3.8, 4) is 11.4 Å². The Bertz CT molecular complexity index is 773. The molecule has 1 aliphatic carbocycles. The van der Waals surface area contributed by atoms with Gasteiger partial charge in [-0.1, -0.05) is 18.2 Å². The van der Waals surface area contributed by atoms with Crippen LogP contribution in [0.3, 0.4) is 0 Å². The monoisotopic (exact) mass is 384 g/mol. The first-order valence-corrected chi connectivity index (χ1v) is 10.1. The first-order chi connectivity index (χ1) is 13.7. The molecule has 0 spiro atoms. The van der Waals surface area contributed by atoms with E-state index in [0.29, 0.717) is 18.4 Å². The van der Waals surface area contributed by atoms with Crippen molar-refractivity contribution < 1.29 is 9.90 Å². The third-order valence-electron chi connectivity index (χ3n) is 5.85. The van der Waals surface area contributed by atoms with Crippen molar-refractivity contribution in [2.75, 3.05) is 13.1 Å². The second-order valence-corrected chi connectivity index (χ2v) is 7.74. The maximum atomic E-state index is 12.3. The molecule has 1 saturated heterocycles. The quantitative estimate of drug-likeness (QED) is 0.627. The molecule has 2 unspecified atom stereocenters. The highest BCUT2D eigenvalue weighted by Crippen LogP contribution is 2.26. The van der Waals surface area contributed by atoms with Gasteiger partial charge in [-0.05, 0) is 43.7 Å². The number of piperidine rings is 1. The fourth-order valence-corrected chi connectivity index (χ4v) is 4.31. The zero-order valence-electron chi connectivity index (χ0n) is 16.0. The molecule has 1 aromatic carbocycles. The van der Waals surface area contributed by atoms with E-state index >= 15 is 0 Å². The number of likely N-dealkylation sites (tertiary alicyclic amines) is 1. The van der Waals surface area contributed by atoms with Crippen LogP contribution >= 0.6 is 0 Å². The lowest BCUT2D eigenvalue weighted by molar-refractivity contribution is 0.0535. The molecule has 0 radical (unpaired) electrons. The summed E-state index contributed by atoms with van der Waals surface area (Å²) in [6.45, 7) is 2.33. The summed E-state index contributed by atoms with van der Waals surface area (Å²) in [4.78, 5) is 18.8. The van der Waals surface area contributed by atoms with Crippen LogP contribution in [0.2, 0.25) is 0 Å². The van der Waals surface area contributed by atoms with E-state index in [1.165, 1.54) is 6.33 Å². The van der Waals surface area contributed by atoms with Gasteiger partial charge in [-0.25, -0.2) is 9.78 Å². The smallest absolute Gasteiger partial charge is 0.315 e. The van der Waals surface area contributed by atoms with Gasteiger partial charge in [0.25, 0.3) is 0 Å². The van der Waals surface area contributed by atoms with E-state index in [0.717, 1.165) is 56.3 Å². The highest BCUT2D eigenvalue weighted by molar-refractivity contribution is 5.74. The van der Waals surface area contributed by atoms with Crippen LogP contribution in [0.1, 0.15) is 37.7 Å². The summed E-state index contributed by atoms with van der Waals surface area (Å²) in [5.41, 5.74) is 1.95. The molecule has 1 aliphatic heterocycles. The molecule has 1 saturated carbocycles. The minimum atomic E-state index is -0.180. The van der Waals surface area contributed by atoms with Gasteiger partial charge in [-0.2, -0.15) is 5.10 Å². The number of amides is 2. The second kappa shape index (κ2) is 8.70. The Morgan fingerprint density at radius 1 is 1.25 bits per heavy atom. The number of aromatic nitrogens is 3. The van der Waals surface area contributed by atoms with Gasteiger partial charge in [0.2, 0.25) is 0 Å². The van der Waals surface area contributed by atoms with Crippen LogP contribution in [-0.2, 0) is 6.54 Å². The van der Waals surface area contributed by atoms with Gasteiger partial charge in [-0.15, -0.1) is 0 Å². The van der Waals surface area contributed by atoms with E-state index in [1.54, 1.807) is 0 Å². The minimum absolute atomic E-state index is 0.135. The number of hydrogen-bond donors (Lipinski definition) is 4. The highest BCUT2D eigenvalue weighted by Gasteiger charge is 2.33. The summed E-state index contributed by atoms with van der Waals surface area (Å²) in [7, 11) is 0. The number of aliphatic hydroxyl groups is 1. The van der Waals surface area contributed by atoms with Gasteiger partial charge >= 0.3 is 6.03 Å². The van der Waals surface area contributed by atoms with Gasteiger partial charge in [0.15, 0.2) is 5.82 Å². The van der Waals surface area contributed by atoms with E-state index in [-0.39, 0.29) is 18.2 Å². The van der Waals surface area contributed by atoms with Crippen LogP contribution in [0.25, 0.3) is 11.4 Å². The van der Waals surface area contributed by atoms with Crippen molar-refractivity contribution in [3.63, 3.8) is 0 Å². The van der Waals surface area contributed by atoms with Gasteiger partial charge in [0.05, 0.1) is 6.10 Å². The molecular weight excluding hydrogens is 356 g/mol. The standard InChI is InChI=1S/C20H28N6O2/c27-18-6-2-5-17(18)26-9-7-16(8-10-26)24-20(28)21-12-14-3-1-4-15(11-14)19-22-13-23-25-19/h1,3-4,11,13,16-18,27H,2,5-10,12H2,(H2,21,24,28)(H,22,23,25). The van der Waals surface area contributed by atoms with E-state index in [2.05, 4.69) is 30.7 Å². The van der Waals surface area contributed by atoms with E-state index in [9.17, 15) is 9.90 Å². The molecule has 0 bridgehead atoms. The number of carbonyl (C=O) groups excluding carboxylic acids is 1. The lowest BCUT2D eigenvalue weighted by atomic mass is 10.0. The van der Waals surface area contributed by atoms with Crippen LogP contribution in [0.4, 0.5) is 4.79 Å². The summed E-state index contributed by atoms with van der Waals surface area (Å²) in [6.07, 6.45) is 6.28. The zero-order valence-corrected chi connectivity index (χ0v) is 16.0. The first-order valence-electron chi connectivity index (χ1n) is 10.1. The molecule has 2 aliphatic rings. The molecule has 1 aromatic heterocycles. The molecular formula is C20H28N6O2. The maximum absolute atomic E-state index is 12.3. The Balaban J connectivity index is 1.22. The van der Waals surface area contributed by atoms with Gasteiger partial charge in [0, 0.05) is 37.3 Å². The van der Waals surface area contributed by atoms with Crippen LogP contribution in [0.15, 0.2) is 30.6 Å². The number of nitrogens with zero attached hydrogens (tertiary/aromatic N) is 3. The predicted octanol–water partition coefficient (Wildman–Crippen LogP) is 1.65. The van der Waals surface area contributed by atoms with Crippen molar-refractivity contribution >= 4 is 6.03 Å². The van der Waals surface area contributed by atoms with Crippen LogP contribution < -0.4 is 10.6 Å². The fraction of sp³-hybridized carbons (Fsp3) is 0.550. The van der Waals surface area contributed by atoms with E-state index < -0.39 is 0 Å². The topological polar surface area (TPSA) is 106 Å². The van der Waals surface area contributed by atoms with Crippen LogP contribution in [0, 0.1) is 0 Å². The summed E-state index contributed by atoms with van der Waals surface area (Å²) in [6, 6.07) is 8.24. The molecule has 2 aromatic rings. The zero-order chi connectivity index (χ0) is 19.3. The number of nitrogens with one attached hydrogen (secondary N) is 3. The normalized spacial score (nSPS) is 23.6. The van der Waals surface area contributed by atoms with Crippen molar-refractivity contribution in [2.24, 2.45) is 0 Å². The third kappa shape index (κ3) is 4.51. The third-order valence-corrected chi connectivity index (χ3v) is 5.85. The summed E-state index contributed by atoms with van der Waals surface area (Å²) in [5.74, 6) is 0.713. The van der Waals surface area contributed by atoms with Gasteiger partial charge in [-0.3, -0.25) is 10.00 Å². The Morgan fingerprint density at radius 2 is 2.11 bits per heavy atom. The Hall–Kier alpha value is -2.45. The van der Waals surface area contributed by atoms with Crippen molar-refractivity contribution in [3.05, 3.63) is 36.2 Å². The summed E-state index contributed by atoms with van der Waals surface area (Å²) in [5, 5.41) is 22.8. The molecule has 4 N–H and O–H groups in total. The number of H-pyrrole nitrogens is 1. The largest absolute Gasteiger partial charge is 0.391 e. The molecule has 150 valence electrons. The average Bonchev–Trinajstić information content (AvgIpc) is 3.39. The molecule has 28 heavy (non-hydrogen) atoms. The summed E-state index contributed by atoms with van der Waals surface area (Å²) >= 11 is 0. The Morgan fingerprint density at radius 3 is 2.82 bits per heavy atom. The maximum Gasteiger partial charge on any atom is 0.315 e. The van der Waals surface area contributed by atoms with Crippen LogP contribution in [0.5, 0.6) is 0 Å². The molecule has 2 amide bonds. The Kier molecular flexibility index (Phi) is 5.87. The lowest BCUT2D eigenvalue weighted by Crippen LogP contribution is -2.51.